The van der Waals surface area contributed by atoms with Gasteiger partial charge in [0.05, 0.1) is 5.57 Å². The molecule has 0 aromatic rings. The third kappa shape index (κ3) is 4.05. The lowest BCUT2D eigenvalue weighted by Gasteiger charge is -2.41. The summed E-state index contributed by atoms with van der Waals surface area (Å²) in [5.41, 5.74) is -0.120. The molecular formula is C15H21Cl3O2. The summed E-state index contributed by atoms with van der Waals surface area (Å²) in [5, 5.41) is 0. The molecule has 0 aliphatic heterocycles. The topological polar surface area (TPSA) is 26.3 Å². The molecule has 20 heavy (non-hydrogen) atoms. The lowest BCUT2D eigenvalue weighted by Crippen LogP contribution is -2.35. The van der Waals surface area contributed by atoms with Crippen molar-refractivity contribution >= 4 is 40.8 Å². The van der Waals surface area contributed by atoms with E-state index in [9.17, 15) is 4.79 Å². The zero-order chi connectivity index (χ0) is 14.9. The predicted octanol–water partition coefficient (Wildman–Crippen LogP) is 5.06. The van der Waals surface area contributed by atoms with Crippen molar-refractivity contribution in [3.8, 4) is 0 Å². The van der Waals surface area contributed by atoms with Crippen LogP contribution in [0.15, 0.2) is 12.2 Å². The Hall–Kier alpha value is 0.0800. The summed E-state index contributed by atoms with van der Waals surface area (Å²) < 4.78 is 3.66. The first-order valence-electron chi connectivity index (χ1n) is 7.24. The number of hydrogen-bond acceptors (Lipinski definition) is 2. The lowest BCUT2D eigenvalue weighted by atomic mass is 9.67. The van der Waals surface area contributed by atoms with Gasteiger partial charge in [0.15, 0.2) is 0 Å². The van der Waals surface area contributed by atoms with Crippen LogP contribution in [0, 0.1) is 17.8 Å². The average Bonchev–Trinajstić information content (AvgIpc) is 2.36. The zero-order valence-electron chi connectivity index (χ0n) is 11.7. The monoisotopic (exact) mass is 338 g/mol. The molecule has 2 rings (SSSR count). The first-order valence-corrected chi connectivity index (χ1v) is 8.38. The number of esters is 1. The third-order valence-electron chi connectivity index (χ3n) is 4.71. The van der Waals surface area contributed by atoms with E-state index in [0.717, 1.165) is 24.7 Å². The van der Waals surface area contributed by atoms with Gasteiger partial charge >= 0.3 is 5.97 Å². The van der Waals surface area contributed by atoms with Crippen molar-refractivity contribution in [3.63, 3.8) is 0 Å². The van der Waals surface area contributed by atoms with Crippen molar-refractivity contribution < 1.29 is 9.53 Å². The van der Waals surface area contributed by atoms with Crippen LogP contribution >= 0.6 is 34.8 Å². The van der Waals surface area contributed by atoms with Gasteiger partial charge in [-0.1, -0.05) is 60.6 Å². The summed E-state index contributed by atoms with van der Waals surface area (Å²) in [6.45, 7) is 5.45. The molecule has 2 saturated carbocycles. The quantitative estimate of drug-likeness (QED) is 0.408. The number of fused-ring (bicyclic) bond motifs is 2. The highest BCUT2D eigenvalue weighted by Crippen LogP contribution is 2.44. The second kappa shape index (κ2) is 6.46. The first kappa shape index (κ1) is 16.5. The van der Waals surface area contributed by atoms with E-state index < -0.39 is 9.76 Å². The van der Waals surface area contributed by atoms with Crippen LogP contribution in [-0.2, 0) is 9.53 Å². The largest absolute Gasteiger partial charge is 0.459 e. The maximum atomic E-state index is 11.9. The molecule has 2 fully saturated rings. The SMILES string of the molecule is C=C(C(=O)OC(C)C1CC2CCCC(C2)C1)C(Cl)(Cl)Cl. The van der Waals surface area contributed by atoms with E-state index in [2.05, 4.69) is 6.58 Å². The van der Waals surface area contributed by atoms with E-state index >= 15 is 0 Å². The Morgan fingerprint density at radius 1 is 1.20 bits per heavy atom. The standard InChI is InChI=1S/C15H21Cl3O2/c1-9(15(16,17)18)14(19)20-10(2)13-7-11-4-3-5-12(6-11)8-13/h10-13H,1,3-8H2,2H3. The van der Waals surface area contributed by atoms with Crippen molar-refractivity contribution in [1.29, 1.82) is 0 Å². The molecule has 0 aromatic carbocycles. The molecule has 0 spiro atoms. The average molecular weight is 340 g/mol. The van der Waals surface area contributed by atoms with Gasteiger partial charge in [-0.15, -0.1) is 0 Å². The van der Waals surface area contributed by atoms with Gasteiger partial charge in [-0.25, -0.2) is 4.79 Å². The van der Waals surface area contributed by atoms with Crippen molar-refractivity contribution in [2.45, 2.75) is 55.3 Å². The van der Waals surface area contributed by atoms with E-state index in [1.54, 1.807) is 0 Å². The van der Waals surface area contributed by atoms with Crippen molar-refractivity contribution in [1.82, 2.24) is 0 Å². The third-order valence-corrected chi connectivity index (χ3v) is 5.39. The van der Waals surface area contributed by atoms with Crippen molar-refractivity contribution in [3.05, 3.63) is 12.2 Å². The van der Waals surface area contributed by atoms with Crippen LogP contribution < -0.4 is 0 Å². The Bertz CT molecular complexity index is 377. The molecule has 2 aliphatic carbocycles. The fraction of sp³-hybridized carbons (Fsp3) is 0.800. The molecule has 0 radical (unpaired) electrons. The molecule has 3 atom stereocenters. The molecule has 3 unspecified atom stereocenters. The van der Waals surface area contributed by atoms with Crippen LogP contribution in [0.4, 0.5) is 0 Å². The summed E-state index contributed by atoms with van der Waals surface area (Å²) >= 11 is 17.0. The minimum absolute atomic E-state index is 0.120. The molecule has 0 amide bonds. The minimum atomic E-state index is -1.79. The molecule has 5 heteroatoms. The fourth-order valence-corrected chi connectivity index (χ4v) is 3.85. The van der Waals surface area contributed by atoms with E-state index in [0.29, 0.717) is 5.92 Å². The van der Waals surface area contributed by atoms with Gasteiger partial charge < -0.3 is 4.74 Å². The van der Waals surface area contributed by atoms with Gasteiger partial charge in [0.1, 0.15) is 6.10 Å². The van der Waals surface area contributed by atoms with E-state index in [-0.39, 0.29) is 11.7 Å². The Balaban J connectivity index is 1.90. The number of ether oxygens (including phenoxy) is 1. The maximum Gasteiger partial charge on any atom is 0.338 e. The molecular weight excluding hydrogens is 319 g/mol. The van der Waals surface area contributed by atoms with Crippen LogP contribution in [0.25, 0.3) is 0 Å². The molecule has 0 N–H and O–H groups in total. The van der Waals surface area contributed by atoms with Gasteiger partial charge in [-0.3, -0.25) is 0 Å². The first-order chi connectivity index (χ1) is 9.27. The van der Waals surface area contributed by atoms with E-state index in [1.165, 1.54) is 25.7 Å². The van der Waals surface area contributed by atoms with Gasteiger partial charge in [-0.05, 0) is 43.9 Å². The number of halogens is 3. The number of hydrogen-bond donors (Lipinski definition) is 0. The summed E-state index contributed by atoms with van der Waals surface area (Å²) in [4.78, 5) is 11.9. The van der Waals surface area contributed by atoms with Crippen molar-refractivity contribution in [2.75, 3.05) is 0 Å². The number of carbonyl (C=O) groups is 1. The number of alkyl halides is 3. The van der Waals surface area contributed by atoms with Crippen LogP contribution in [0.1, 0.15) is 45.4 Å². The van der Waals surface area contributed by atoms with E-state index in [1.807, 2.05) is 6.92 Å². The van der Waals surface area contributed by atoms with Gasteiger partial charge in [-0.2, -0.15) is 0 Å². The minimum Gasteiger partial charge on any atom is -0.459 e. The Morgan fingerprint density at radius 2 is 1.75 bits per heavy atom. The summed E-state index contributed by atoms with van der Waals surface area (Å²) in [6.07, 6.45) is 7.47. The number of rotatable bonds is 3. The highest BCUT2D eigenvalue weighted by atomic mass is 35.6. The normalized spacial score (nSPS) is 31.5. The maximum absolute atomic E-state index is 11.9. The number of carbonyl (C=O) groups excluding carboxylic acids is 1. The molecule has 2 aliphatic rings. The molecule has 0 heterocycles. The van der Waals surface area contributed by atoms with Gasteiger partial charge in [0, 0.05) is 0 Å². The lowest BCUT2D eigenvalue weighted by molar-refractivity contribution is -0.147. The van der Waals surface area contributed by atoms with Gasteiger partial charge in [0.25, 0.3) is 0 Å². The Morgan fingerprint density at radius 3 is 2.25 bits per heavy atom. The van der Waals surface area contributed by atoms with E-state index in [4.69, 9.17) is 39.5 Å². The molecule has 114 valence electrons. The highest BCUT2D eigenvalue weighted by molar-refractivity contribution is 6.70. The molecule has 2 nitrogen and oxygen atoms in total. The second-order valence-electron chi connectivity index (χ2n) is 6.22. The fourth-order valence-electron chi connectivity index (χ4n) is 3.62. The summed E-state index contributed by atoms with van der Waals surface area (Å²) in [5.74, 6) is 1.41. The second-order valence-corrected chi connectivity index (χ2v) is 8.50. The Kier molecular flexibility index (Phi) is 5.31. The van der Waals surface area contributed by atoms with Crippen LogP contribution in [0.5, 0.6) is 0 Å². The summed E-state index contributed by atoms with van der Waals surface area (Å²) in [6, 6.07) is 0. The molecule has 2 bridgehead atoms. The summed E-state index contributed by atoms with van der Waals surface area (Å²) in [7, 11) is 0. The highest BCUT2D eigenvalue weighted by Gasteiger charge is 2.37. The Labute approximate surface area is 135 Å². The van der Waals surface area contributed by atoms with Crippen LogP contribution in [-0.4, -0.2) is 15.9 Å². The van der Waals surface area contributed by atoms with Crippen LogP contribution in [0.2, 0.25) is 0 Å². The molecule has 0 aromatic heterocycles. The van der Waals surface area contributed by atoms with Crippen LogP contribution in [0.3, 0.4) is 0 Å². The van der Waals surface area contributed by atoms with Gasteiger partial charge in [0.2, 0.25) is 3.79 Å². The van der Waals surface area contributed by atoms with Crippen molar-refractivity contribution in [2.24, 2.45) is 17.8 Å². The predicted molar refractivity (Wildman–Crippen MR) is 83.2 cm³/mol. The zero-order valence-corrected chi connectivity index (χ0v) is 14.0. The molecule has 0 saturated heterocycles. The smallest absolute Gasteiger partial charge is 0.338 e.